The Labute approximate surface area is 108 Å². The number of hydrogen-bond donors (Lipinski definition) is 0. The molecule has 0 heterocycles. The lowest BCUT2D eigenvalue weighted by Crippen LogP contribution is -2.14. The van der Waals surface area contributed by atoms with Gasteiger partial charge < -0.3 is 14.2 Å². The summed E-state index contributed by atoms with van der Waals surface area (Å²) in [4.78, 5) is 0.606. The van der Waals surface area contributed by atoms with Crippen LogP contribution in [0.2, 0.25) is 0 Å². The summed E-state index contributed by atoms with van der Waals surface area (Å²) in [5, 5.41) is 0. The Bertz CT molecular complexity index is 144. The van der Waals surface area contributed by atoms with E-state index in [4.69, 9.17) is 14.2 Å². The van der Waals surface area contributed by atoms with Crippen LogP contribution in [0, 0.1) is 5.92 Å². The van der Waals surface area contributed by atoms with Crippen molar-refractivity contribution in [1.29, 1.82) is 0 Å². The van der Waals surface area contributed by atoms with Gasteiger partial charge in [0.05, 0.1) is 26.4 Å². The normalized spacial score (nSPS) is 15.0. The highest BCUT2D eigenvalue weighted by Gasteiger charge is 2.10. The number of rotatable bonds is 11. The first kappa shape index (κ1) is 16.4. The first-order chi connectivity index (χ1) is 7.72. The number of methoxy groups -OCH3 is 1. The van der Waals surface area contributed by atoms with Crippen molar-refractivity contribution in [2.24, 2.45) is 5.92 Å². The average molecular weight is 297 g/mol. The summed E-state index contributed by atoms with van der Waals surface area (Å²) < 4.78 is 15.7. The minimum Gasteiger partial charge on any atom is -0.382 e. The van der Waals surface area contributed by atoms with Crippen molar-refractivity contribution >= 4 is 15.9 Å². The van der Waals surface area contributed by atoms with Gasteiger partial charge in [0, 0.05) is 18.5 Å². The molecular formula is C12H25BrO3. The summed E-state index contributed by atoms with van der Waals surface area (Å²) in [6, 6.07) is 0. The molecule has 0 bridgehead atoms. The lowest BCUT2D eigenvalue weighted by Gasteiger charge is -2.16. The zero-order chi connectivity index (χ0) is 12.2. The van der Waals surface area contributed by atoms with Crippen molar-refractivity contribution in [1.82, 2.24) is 0 Å². The molecule has 0 saturated heterocycles. The molecular weight excluding hydrogens is 272 g/mol. The van der Waals surface area contributed by atoms with E-state index in [2.05, 4.69) is 29.8 Å². The molecule has 0 radical (unpaired) electrons. The molecule has 0 aliphatic carbocycles. The predicted octanol–water partition coefficient (Wildman–Crippen LogP) is 2.87. The third kappa shape index (κ3) is 9.58. The van der Waals surface area contributed by atoms with Crippen LogP contribution >= 0.6 is 15.9 Å². The molecule has 3 nitrogen and oxygen atoms in total. The smallest absolute Gasteiger partial charge is 0.0701 e. The molecule has 2 atom stereocenters. The Morgan fingerprint density at radius 3 is 2.12 bits per heavy atom. The second kappa shape index (κ2) is 11.8. The Morgan fingerprint density at radius 2 is 1.56 bits per heavy atom. The summed E-state index contributed by atoms with van der Waals surface area (Å²) in [5.41, 5.74) is 0. The minimum absolute atomic E-state index is 0.606. The van der Waals surface area contributed by atoms with Crippen LogP contribution < -0.4 is 0 Å². The maximum atomic E-state index is 5.49. The van der Waals surface area contributed by atoms with Crippen LogP contribution in [0.3, 0.4) is 0 Å². The average Bonchev–Trinajstić information content (AvgIpc) is 2.31. The van der Waals surface area contributed by atoms with Crippen molar-refractivity contribution in [3.05, 3.63) is 0 Å². The second-order valence-electron chi connectivity index (χ2n) is 3.91. The summed E-state index contributed by atoms with van der Waals surface area (Å²) in [6.07, 6.45) is 2.27. The molecule has 0 amide bonds. The number of ether oxygens (including phenoxy) is 3. The first-order valence-electron chi connectivity index (χ1n) is 6.00. The molecule has 0 aromatic carbocycles. The Balaban J connectivity index is 3.14. The highest BCUT2D eigenvalue weighted by Crippen LogP contribution is 2.19. The van der Waals surface area contributed by atoms with E-state index in [9.17, 15) is 0 Å². The van der Waals surface area contributed by atoms with Crippen LogP contribution in [0.4, 0.5) is 0 Å². The van der Waals surface area contributed by atoms with Crippen LogP contribution in [0.5, 0.6) is 0 Å². The van der Waals surface area contributed by atoms with E-state index in [-0.39, 0.29) is 0 Å². The number of hydrogen-bond acceptors (Lipinski definition) is 3. The topological polar surface area (TPSA) is 27.7 Å². The molecule has 98 valence electrons. The maximum Gasteiger partial charge on any atom is 0.0701 e. The highest BCUT2D eigenvalue weighted by atomic mass is 79.9. The van der Waals surface area contributed by atoms with E-state index in [1.165, 1.54) is 6.42 Å². The molecule has 0 spiro atoms. The largest absolute Gasteiger partial charge is 0.382 e. The van der Waals surface area contributed by atoms with Gasteiger partial charge in [-0.3, -0.25) is 0 Å². The lowest BCUT2D eigenvalue weighted by molar-refractivity contribution is 0.0222. The van der Waals surface area contributed by atoms with Gasteiger partial charge >= 0.3 is 0 Å². The van der Waals surface area contributed by atoms with E-state index >= 15 is 0 Å². The van der Waals surface area contributed by atoms with Gasteiger partial charge in [-0.1, -0.05) is 29.8 Å². The molecule has 0 aromatic rings. The third-order valence-electron chi connectivity index (χ3n) is 2.53. The van der Waals surface area contributed by atoms with E-state index in [0.717, 1.165) is 13.0 Å². The van der Waals surface area contributed by atoms with Crippen molar-refractivity contribution < 1.29 is 14.2 Å². The number of halogens is 1. The van der Waals surface area contributed by atoms with Crippen LogP contribution in [0.1, 0.15) is 26.7 Å². The van der Waals surface area contributed by atoms with E-state index < -0.39 is 0 Å². The molecule has 0 aliphatic heterocycles. The van der Waals surface area contributed by atoms with Gasteiger partial charge in [0.25, 0.3) is 0 Å². The van der Waals surface area contributed by atoms with Crippen LogP contribution in [-0.2, 0) is 14.2 Å². The van der Waals surface area contributed by atoms with E-state index in [0.29, 0.717) is 37.2 Å². The van der Waals surface area contributed by atoms with Gasteiger partial charge in [0.2, 0.25) is 0 Å². The fourth-order valence-corrected chi connectivity index (χ4v) is 1.58. The summed E-state index contributed by atoms with van der Waals surface area (Å²) in [7, 11) is 1.67. The summed E-state index contributed by atoms with van der Waals surface area (Å²) in [6.45, 7) is 7.89. The third-order valence-corrected chi connectivity index (χ3v) is 4.08. The number of alkyl halides is 1. The molecule has 0 fully saturated rings. The van der Waals surface area contributed by atoms with Crippen molar-refractivity contribution in [2.75, 3.05) is 40.1 Å². The second-order valence-corrected chi connectivity index (χ2v) is 5.08. The van der Waals surface area contributed by atoms with Crippen molar-refractivity contribution in [3.63, 3.8) is 0 Å². The fourth-order valence-electron chi connectivity index (χ4n) is 1.32. The van der Waals surface area contributed by atoms with Crippen molar-refractivity contribution in [3.8, 4) is 0 Å². The molecule has 0 saturated carbocycles. The molecule has 0 aliphatic rings. The van der Waals surface area contributed by atoms with Crippen LogP contribution in [0.15, 0.2) is 0 Å². The zero-order valence-electron chi connectivity index (χ0n) is 10.7. The summed E-state index contributed by atoms with van der Waals surface area (Å²) in [5.74, 6) is 0.666. The molecule has 4 heteroatoms. The summed E-state index contributed by atoms with van der Waals surface area (Å²) >= 11 is 3.66. The van der Waals surface area contributed by atoms with E-state index in [1.807, 2.05) is 0 Å². The maximum absolute atomic E-state index is 5.49. The fraction of sp³-hybridized carbons (Fsp3) is 1.00. The minimum atomic E-state index is 0.606. The van der Waals surface area contributed by atoms with Gasteiger partial charge in [-0.2, -0.15) is 0 Å². The van der Waals surface area contributed by atoms with Crippen LogP contribution in [-0.4, -0.2) is 45.0 Å². The first-order valence-corrected chi connectivity index (χ1v) is 6.92. The highest BCUT2D eigenvalue weighted by molar-refractivity contribution is 9.09. The lowest BCUT2D eigenvalue weighted by atomic mass is 10.0. The van der Waals surface area contributed by atoms with Crippen molar-refractivity contribution in [2.45, 2.75) is 31.5 Å². The Kier molecular flexibility index (Phi) is 12.1. The van der Waals surface area contributed by atoms with Crippen LogP contribution in [0.25, 0.3) is 0 Å². The molecule has 0 N–H and O–H groups in total. The SMILES string of the molecule is CCC(Br)C(C)CCOCCOCCOC. The van der Waals surface area contributed by atoms with Gasteiger partial charge in [-0.15, -0.1) is 0 Å². The molecule has 2 unspecified atom stereocenters. The van der Waals surface area contributed by atoms with E-state index in [1.54, 1.807) is 7.11 Å². The van der Waals surface area contributed by atoms with Gasteiger partial charge in [-0.25, -0.2) is 0 Å². The quantitative estimate of drug-likeness (QED) is 0.433. The molecule has 16 heavy (non-hydrogen) atoms. The monoisotopic (exact) mass is 296 g/mol. The predicted molar refractivity (Wildman–Crippen MR) is 70.3 cm³/mol. The Morgan fingerprint density at radius 1 is 1.00 bits per heavy atom. The van der Waals surface area contributed by atoms with Gasteiger partial charge in [-0.05, 0) is 18.8 Å². The van der Waals surface area contributed by atoms with Gasteiger partial charge in [0.15, 0.2) is 0 Å². The molecule has 0 rings (SSSR count). The van der Waals surface area contributed by atoms with Gasteiger partial charge in [0.1, 0.15) is 0 Å². The zero-order valence-corrected chi connectivity index (χ0v) is 12.3. The molecule has 0 aromatic heterocycles. The standard InChI is InChI=1S/C12H25BrO3/c1-4-12(13)11(2)5-6-15-9-10-16-8-7-14-3/h11-12H,4-10H2,1-3H3. The Hall–Kier alpha value is 0.360.